The molecule has 13 aromatic rings. The summed E-state index contributed by atoms with van der Waals surface area (Å²) in [6, 6.07) is 43.2. The summed E-state index contributed by atoms with van der Waals surface area (Å²) in [5, 5.41) is 19.5. The van der Waals surface area contributed by atoms with E-state index in [1.165, 1.54) is 54.6 Å². The fourth-order valence-electron chi connectivity index (χ4n) is 11.9. The van der Waals surface area contributed by atoms with Crippen molar-refractivity contribution in [2.24, 2.45) is 11.7 Å². The zero-order valence-corrected chi connectivity index (χ0v) is 76.7. The normalized spacial score (nSPS) is 10.6. The average molecular weight is 2040 g/mol. The van der Waals surface area contributed by atoms with Gasteiger partial charge < -0.3 is 56.7 Å². The summed E-state index contributed by atoms with van der Waals surface area (Å²) in [6.45, 7) is 20.9. The van der Waals surface area contributed by atoms with Crippen molar-refractivity contribution >= 4 is 154 Å². The van der Waals surface area contributed by atoms with Crippen LogP contribution in [0.3, 0.4) is 0 Å². The Hall–Kier alpha value is -13.9. The Morgan fingerprint density at radius 3 is 1.02 bits per heavy atom. The van der Waals surface area contributed by atoms with Crippen LogP contribution in [0.5, 0.6) is 0 Å². The number of hydrogen-bond acceptors (Lipinski definition) is 29. The van der Waals surface area contributed by atoms with Crippen molar-refractivity contribution in [1.29, 1.82) is 0 Å². The van der Waals surface area contributed by atoms with Crippen molar-refractivity contribution in [3.63, 3.8) is 0 Å². The average Bonchev–Trinajstić information content (AvgIpc) is 1.61. The van der Waals surface area contributed by atoms with E-state index in [4.69, 9.17) is 111 Å². The molecule has 0 aliphatic heterocycles. The second-order valence-electron chi connectivity index (χ2n) is 29.9. The molecule has 4 aromatic carbocycles. The molecule has 16 N–H and O–H groups in total. The first-order valence-corrected chi connectivity index (χ1v) is 41.2. The SMILES string of the molecule is CC(C)(C)OC(=O)NN.CCOC(=O)C(=O)Cl.CCOC(=O)c1nnc(-c2cc(-c3cc(C)nc(Cl)c3)c(-c3ccc(F)cc3)nc2N)o1.Cc1cc(-c2cc(C(=O)NCC(=O)OC(C)(C)C)c(N)nc2-c2ccc(F)cc2)cc(Cl)n1.Cc1cc(-c2cc(C(=O)NN)c(N)nc2-c2ccc(F)cc2)cc(Cl)n1.Cc1cc(-c2cc(C(=O)O)c(N)nc2-c2ccc(F)cc2)cc(Cl)n1.[InH4-]. The number of benzene rings is 4. The van der Waals surface area contributed by atoms with Gasteiger partial charge in [-0.05, 0) is 287 Å². The number of carboxylic acids is 1. The molecule has 9 heterocycles. The van der Waals surface area contributed by atoms with Crippen LogP contribution in [0, 0.1) is 51.0 Å². The first kappa shape index (κ1) is 107. The number of aryl methyl sites for hydroxylation is 4. The number of amides is 3. The van der Waals surface area contributed by atoms with E-state index in [9.17, 15) is 61.0 Å². The van der Waals surface area contributed by atoms with Crippen LogP contribution in [0.1, 0.15) is 120 Å². The van der Waals surface area contributed by atoms with Gasteiger partial charge in [0.15, 0.2) is 0 Å². The summed E-state index contributed by atoms with van der Waals surface area (Å²) in [5.41, 5.74) is 39.2. The van der Waals surface area contributed by atoms with Crippen LogP contribution in [0.25, 0.3) is 101 Å². The van der Waals surface area contributed by atoms with E-state index < -0.39 is 64.0 Å². The Labute approximate surface area is 807 Å². The van der Waals surface area contributed by atoms with Crippen molar-refractivity contribution in [3.05, 3.63) is 259 Å². The Morgan fingerprint density at radius 1 is 0.410 bits per heavy atom. The molecule has 0 aliphatic rings. The van der Waals surface area contributed by atoms with E-state index in [1.54, 1.807) is 185 Å². The number of carboxylic acid groups (broad SMARTS) is 1. The zero-order valence-electron chi connectivity index (χ0n) is 72.9. The Morgan fingerprint density at radius 2 is 0.731 bits per heavy atom. The van der Waals surface area contributed by atoms with Crippen LogP contribution in [-0.2, 0) is 33.3 Å². The standard InChI is InChI=1S/C24H24ClFN4O3.C22H17ClFN5O3.C18H15ClFN5O.C18H13ClFN3O2.C5H12N2O2.C4H5ClO3.In.4H/c1-13-9-15(10-19(25)29-13)17-11-18(23(32)28-12-20(31)33-24(2,3)4)22(27)30-21(17)14-5-7-16(26)8-6-14;1-3-31-22(30)21-29-28-20(32-21)16-10-15(13-8-11(2)26-17(23)9-13)18(27-19(16)25)12-4-6-14(24)7-5-12;1-9-6-11(7-15(19)23-9)13-8-14(18(26)25-22)17(21)24-16(13)10-2-4-12(20)5-3-10;1-9-6-11(7-15(19)22-9)13-8-14(18(24)25)17(21)23-16(13)10-2-4-12(20)5-3-10;1-5(2,3)9-4(8)7-6;1-2-8-4(7)3(5)6;;;;;/h5-11H,12H2,1-4H3,(H2,27,30)(H,28,32);4-10H,3H2,1-2H3,(H2,25,27);2-8H,22H2,1H3,(H2,21,24)(H,25,26);2-8H,1H3,(H2,21,23)(H,24,25);6H2,1-3H3,(H,7,8);2H2,1H3;;;;;/q;;;;;;-1;;;;. The first-order valence-electron chi connectivity index (χ1n) is 39.3. The van der Waals surface area contributed by atoms with Crippen molar-refractivity contribution < 1.29 is 84.4 Å². The number of aromatic nitrogens is 10. The number of carbonyl (C=O) groups excluding carboxylic acids is 7. The number of halogens is 9. The molecule has 3 amide bonds. The molecule has 0 unspecified atom stereocenters. The van der Waals surface area contributed by atoms with Crippen LogP contribution >= 0.6 is 58.0 Å². The predicted molar refractivity (Wildman–Crippen MR) is 507 cm³/mol. The Bertz CT molecular complexity index is 6410. The third-order valence-electron chi connectivity index (χ3n) is 17.3. The molecule has 9 aromatic heterocycles. The number of nitrogens with two attached hydrogens (primary N) is 6. The molecular formula is C91H90Cl5F4InN19O14-. The fourth-order valence-corrected chi connectivity index (χ4v) is 13.0. The third kappa shape index (κ3) is 31.1. The zero-order chi connectivity index (χ0) is 98.2. The Balaban J connectivity index is 0.000000230. The molecule has 0 radical (unpaired) electrons. The maximum atomic E-state index is 13.5. The van der Waals surface area contributed by atoms with Gasteiger partial charge in [0.2, 0.25) is 0 Å². The number of rotatable bonds is 18. The van der Waals surface area contributed by atoms with Gasteiger partial charge in [-0.25, -0.2) is 88.3 Å². The molecule has 0 saturated carbocycles. The second kappa shape index (κ2) is 48.5. The van der Waals surface area contributed by atoms with Crippen LogP contribution < -0.4 is 50.8 Å². The van der Waals surface area contributed by atoms with Gasteiger partial charge >= 0.3 is 66.9 Å². The van der Waals surface area contributed by atoms with E-state index >= 15 is 0 Å². The molecule has 33 nitrogen and oxygen atoms in total. The quantitative estimate of drug-likeness (QED) is 0.00439. The van der Waals surface area contributed by atoms with Crippen LogP contribution in [0.4, 0.5) is 45.6 Å². The number of nitrogen functional groups attached to an aromatic ring is 5. The fraction of sp³-hybridized carbons (Fsp3) is 0.187. The van der Waals surface area contributed by atoms with E-state index in [1.807, 2.05) is 23.8 Å². The molecule has 0 spiro atoms. The summed E-state index contributed by atoms with van der Waals surface area (Å²) in [5.74, 6) is 3.43. The summed E-state index contributed by atoms with van der Waals surface area (Å²) in [6.07, 6.45) is -0.609. The topological polar surface area (TPSA) is 528 Å². The molecule has 134 heavy (non-hydrogen) atoms. The van der Waals surface area contributed by atoms with Crippen molar-refractivity contribution in [3.8, 4) is 101 Å². The molecule has 0 saturated heterocycles. The monoisotopic (exact) mass is 2040 g/mol. The number of nitrogens with one attached hydrogen (secondary N) is 3. The van der Waals surface area contributed by atoms with E-state index in [-0.39, 0.29) is 125 Å². The second-order valence-corrected chi connectivity index (χ2v) is 31.8. The van der Waals surface area contributed by atoms with Gasteiger partial charge in [-0.1, -0.05) is 46.4 Å². The molecular weight excluding hydrogens is 1950 g/mol. The molecule has 43 heteroatoms. The van der Waals surface area contributed by atoms with E-state index in [2.05, 4.69) is 60.1 Å². The molecule has 13 rings (SSSR count). The minimum absolute atomic E-state index is 0. The van der Waals surface area contributed by atoms with E-state index in [0.29, 0.717) is 128 Å². The van der Waals surface area contributed by atoms with Gasteiger partial charge in [0.1, 0.15) is 90.5 Å². The number of nitrogens with zero attached hydrogens (tertiary/aromatic N) is 10. The number of anilines is 4. The van der Waals surface area contributed by atoms with Crippen molar-refractivity contribution in [2.45, 2.75) is 94.3 Å². The van der Waals surface area contributed by atoms with Gasteiger partial charge in [0.05, 0.1) is 52.7 Å². The minimum atomic E-state index is -1.19. The number of hydrazine groups is 2. The van der Waals surface area contributed by atoms with Crippen molar-refractivity contribution in [1.82, 2.24) is 66.2 Å². The summed E-state index contributed by atoms with van der Waals surface area (Å²) < 4.78 is 77.9. The summed E-state index contributed by atoms with van der Waals surface area (Å²) in [4.78, 5) is 124. The molecule has 700 valence electrons. The van der Waals surface area contributed by atoms with Gasteiger partial charge in [0, 0.05) is 67.3 Å². The van der Waals surface area contributed by atoms with Crippen LogP contribution in [-0.4, -0.2) is 159 Å². The Kier molecular flexibility index (Phi) is 38.8. The molecule has 0 bridgehead atoms. The van der Waals surface area contributed by atoms with Crippen molar-refractivity contribution in [2.75, 3.05) is 42.7 Å². The van der Waals surface area contributed by atoms with Gasteiger partial charge in [-0.2, -0.15) is 0 Å². The van der Waals surface area contributed by atoms with Crippen LogP contribution in [0.2, 0.25) is 20.6 Å². The molecule has 0 atom stereocenters. The maximum absolute atomic E-state index is 13.5. The molecule has 0 fully saturated rings. The number of esters is 3. The van der Waals surface area contributed by atoms with Gasteiger partial charge in [0.25, 0.3) is 17.7 Å². The number of aromatic carboxylic acids is 1. The number of carbonyl (C=O) groups is 8. The number of ether oxygens (including phenoxy) is 4. The number of pyridine rings is 8. The van der Waals surface area contributed by atoms with E-state index in [0.717, 1.165) is 0 Å². The number of hydrogen-bond donors (Lipinski definition) is 10. The summed E-state index contributed by atoms with van der Waals surface area (Å²) in [7, 11) is 0. The molecule has 0 aliphatic carbocycles. The third-order valence-corrected chi connectivity index (χ3v) is 18.3. The van der Waals surface area contributed by atoms with Crippen LogP contribution in [0.15, 0.2) is 174 Å². The van der Waals surface area contributed by atoms with Gasteiger partial charge in [-0.15, -0.1) is 10.2 Å². The summed E-state index contributed by atoms with van der Waals surface area (Å²) >= 11 is 29.1. The predicted octanol–water partition coefficient (Wildman–Crippen LogP) is 15.8. The first-order chi connectivity index (χ1) is 62.6. The van der Waals surface area contributed by atoms with Gasteiger partial charge in [-0.3, -0.25) is 30.0 Å².